The number of aryl methyl sites for hydroxylation is 1. The van der Waals surface area contributed by atoms with Crippen LogP contribution in [0.3, 0.4) is 0 Å². The first-order valence-corrected chi connectivity index (χ1v) is 11.0. The molecule has 3 aromatic heterocycles. The molecular formula is C24H19N5OS. The van der Waals surface area contributed by atoms with E-state index in [9.17, 15) is 4.79 Å². The molecule has 31 heavy (non-hydrogen) atoms. The van der Waals surface area contributed by atoms with E-state index in [-0.39, 0.29) is 5.56 Å². The lowest BCUT2D eigenvalue weighted by Gasteiger charge is -2.07. The van der Waals surface area contributed by atoms with Gasteiger partial charge in [-0.3, -0.25) is 9.79 Å². The average Bonchev–Trinajstić information content (AvgIpc) is 3.49. The Morgan fingerprint density at radius 1 is 1.13 bits per heavy atom. The van der Waals surface area contributed by atoms with Crippen molar-refractivity contribution in [1.29, 1.82) is 0 Å². The van der Waals surface area contributed by atoms with Crippen LogP contribution in [0.15, 0.2) is 70.6 Å². The molecule has 7 heteroatoms. The zero-order valence-corrected chi connectivity index (χ0v) is 17.8. The smallest absolute Gasteiger partial charge is 0.291 e. The summed E-state index contributed by atoms with van der Waals surface area (Å²) in [6.07, 6.45) is 6.63. The third kappa shape index (κ3) is 3.00. The van der Waals surface area contributed by atoms with E-state index >= 15 is 0 Å². The summed E-state index contributed by atoms with van der Waals surface area (Å²) in [6.45, 7) is 1.19. The van der Waals surface area contributed by atoms with Gasteiger partial charge >= 0.3 is 0 Å². The van der Waals surface area contributed by atoms with Gasteiger partial charge in [-0.25, -0.2) is 9.67 Å². The normalized spacial score (nSPS) is 13.6. The molecule has 1 aliphatic heterocycles. The quantitative estimate of drug-likeness (QED) is 0.435. The molecule has 6 nitrogen and oxygen atoms in total. The van der Waals surface area contributed by atoms with Crippen LogP contribution in [-0.4, -0.2) is 31.6 Å². The molecule has 0 aliphatic carbocycles. The van der Waals surface area contributed by atoms with Crippen LogP contribution in [0, 0.1) is 0 Å². The van der Waals surface area contributed by atoms with Crippen molar-refractivity contribution in [2.75, 3.05) is 6.54 Å². The van der Waals surface area contributed by atoms with Crippen LogP contribution in [0.4, 0.5) is 0 Å². The Balaban J connectivity index is 1.40. The van der Waals surface area contributed by atoms with Gasteiger partial charge in [-0.2, -0.15) is 5.10 Å². The van der Waals surface area contributed by atoms with Crippen LogP contribution in [0.25, 0.3) is 32.0 Å². The summed E-state index contributed by atoms with van der Waals surface area (Å²) in [5.41, 5.74) is 3.49. The van der Waals surface area contributed by atoms with Gasteiger partial charge in [0, 0.05) is 24.6 Å². The van der Waals surface area contributed by atoms with Crippen LogP contribution >= 0.6 is 11.3 Å². The van der Waals surface area contributed by atoms with E-state index in [0.29, 0.717) is 12.1 Å². The molecule has 0 saturated carbocycles. The molecule has 6 rings (SSSR count). The topological polar surface area (TPSA) is 65.1 Å². The number of hydrogen-bond acceptors (Lipinski definition) is 5. The van der Waals surface area contributed by atoms with Crippen LogP contribution in [0.2, 0.25) is 0 Å². The van der Waals surface area contributed by atoms with Crippen molar-refractivity contribution in [2.24, 2.45) is 12.0 Å². The summed E-state index contributed by atoms with van der Waals surface area (Å²) in [5.74, 6) is 0. The second-order valence-corrected chi connectivity index (χ2v) is 8.87. The van der Waals surface area contributed by atoms with Gasteiger partial charge < -0.3 is 4.57 Å². The zero-order chi connectivity index (χ0) is 20.9. The number of rotatable bonds is 4. The SMILES string of the molecule is Cn1c2nc(CC3=NCC=C3)sc2c2cnn(Cc3ccc4ccccc4c3)c(=O)c21. The highest BCUT2D eigenvalue weighted by atomic mass is 32.1. The number of fused-ring (bicyclic) bond motifs is 4. The molecule has 4 heterocycles. The van der Waals surface area contributed by atoms with Crippen LogP contribution < -0.4 is 5.56 Å². The van der Waals surface area contributed by atoms with E-state index < -0.39 is 0 Å². The molecule has 0 N–H and O–H groups in total. The minimum Gasteiger partial charge on any atom is -0.323 e. The Hall–Kier alpha value is -3.58. The summed E-state index contributed by atoms with van der Waals surface area (Å²) >= 11 is 1.62. The Labute approximate surface area is 181 Å². The summed E-state index contributed by atoms with van der Waals surface area (Å²) in [5, 5.41) is 8.71. The lowest BCUT2D eigenvalue weighted by atomic mass is 10.1. The molecular weight excluding hydrogens is 406 g/mol. The van der Waals surface area contributed by atoms with Crippen molar-refractivity contribution in [3.63, 3.8) is 0 Å². The first-order valence-electron chi connectivity index (χ1n) is 10.2. The summed E-state index contributed by atoms with van der Waals surface area (Å²) in [4.78, 5) is 22.5. The van der Waals surface area contributed by atoms with Gasteiger partial charge in [-0.1, -0.05) is 42.5 Å². The fourth-order valence-electron chi connectivity index (χ4n) is 4.21. The number of aliphatic imine (C=N–C) groups is 1. The van der Waals surface area contributed by atoms with Gasteiger partial charge in [-0.15, -0.1) is 11.3 Å². The molecule has 1 aliphatic rings. The maximum atomic E-state index is 13.3. The summed E-state index contributed by atoms with van der Waals surface area (Å²) < 4.78 is 4.45. The van der Waals surface area contributed by atoms with E-state index in [1.54, 1.807) is 17.5 Å². The minimum absolute atomic E-state index is 0.0944. The Morgan fingerprint density at radius 2 is 2.00 bits per heavy atom. The molecule has 5 aromatic rings. The van der Waals surface area contributed by atoms with E-state index in [1.807, 2.05) is 23.7 Å². The standard InChI is InChI=1S/C24H19N5OS/c1-28-21-19(22-23(28)27-20(31-22)12-18-7-4-10-25-18)13-26-29(24(21)30)14-15-8-9-16-5-2-3-6-17(16)11-15/h2-9,11,13H,10,12,14H2,1H3. The number of benzene rings is 2. The van der Waals surface area contributed by atoms with Gasteiger partial charge in [0.25, 0.3) is 5.56 Å². The molecule has 2 aromatic carbocycles. The first kappa shape index (κ1) is 18.2. The third-order valence-corrected chi connectivity index (χ3v) is 6.84. The fourth-order valence-corrected chi connectivity index (χ4v) is 5.33. The highest BCUT2D eigenvalue weighted by Crippen LogP contribution is 2.31. The van der Waals surface area contributed by atoms with Crippen molar-refractivity contribution in [3.05, 3.63) is 81.7 Å². The van der Waals surface area contributed by atoms with Gasteiger partial charge in [-0.05, 0) is 28.5 Å². The predicted octanol–water partition coefficient (Wildman–Crippen LogP) is 4.10. The molecule has 0 radical (unpaired) electrons. The molecule has 0 atom stereocenters. The van der Waals surface area contributed by atoms with Gasteiger partial charge in [0.15, 0.2) is 5.65 Å². The molecule has 0 bridgehead atoms. The maximum absolute atomic E-state index is 13.3. The van der Waals surface area contributed by atoms with Crippen molar-refractivity contribution in [1.82, 2.24) is 19.3 Å². The second-order valence-electron chi connectivity index (χ2n) is 7.78. The van der Waals surface area contributed by atoms with Gasteiger partial charge in [0.2, 0.25) is 0 Å². The number of hydrogen-bond donors (Lipinski definition) is 0. The fraction of sp³-hybridized carbons (Fsp3) is 0.167. The monoisotopic (exact) mass is 425 g/mol. The zero-order valence-electron chi connectivity index (χ0n) is 16.9. The highest BCUT2D eigenvalue weighted by Gasteiger charge is 2.19. The molecule has 0 spiro atoms. The maximum Gasteiger partial charge on any atom is 0.291 e. The van der Waals surface area contributed by atoms with Crippen LogP contribution in [0.1, 0.15) is 10.6 Å². The Morgan fingerprint density at radius 3 is 2.84 bits per heavy atom. The second kappa shape index (κ2) is 6.99. The van der Waals surface area contributed by atoms with Crippen molar-refractivity contribution in [2.45, 2.75) is 13.0 Å². The van der Waals surface area contributed by atoms with Crippen molar-refractivity contribution >= 4 is 49.1 Å². The van der Waals surface area contributed by atoms with E-state index in [1.165, 1.54) is 10.1 Å². The predicted molar refractivity (Wildman–Crippen MR) is 126 cm³/mol. The first-order chi connectivity index (χ1) is 15.2. The van der Waals surface area contributed by atoms with E-state index in [4.69, 9.17) is 4.98 Å². The van der Waals surface area contributed by atoms with E-state index in [0.717, 1.165) is 50.4 Å². The molecule has 0 unspecified atom stereocenters. The Bertz CT molecular complexity index is 1600. The van der Waals surface area contributed by atoms with Crippen LogP contribution in [0.5, 0.6) is 0 Å². The number of aromatic nitrogens is 4. The van der Waals surface area contributed by atoms with E-state index in [2.05, 4.69) is 52.6 Å². The average molecular weight is 426 g/mol. The van der Waals surface area contributed by atoms with Crippen molar-refractivity contribution in [3.8, 4) is 0 Å². The number of thiazole rings is 1. The lowest BCUT2D eigenvalue weighted by molar-refractivity contribution is 0.644. The Kier molecular flexibility index (Phi) is 4.11. The molecule has 152 valence electrons. The largest absolute Gasteiger partial charge is 0.323 e. The third-order valence-electron chi connectivity index (χ3n) is 5.76. The summed E-state index contributed by atoms with van der Waals surface area (Å²) in [6, 6.07) is 14.5. The molecule has 0 fully saturated rings. The van der Waals surface area contributed by atoms with Crippen LogP contribution in [-0.2, 0) is 20.0 Å². The van der Waals surface area contributed by atoms with Gasteiger partial charge in [0.05, 0.1) is 24.0 Å². The van der Waals surface area contributed by atoms with Gasteiger partial charge in [0.1, 0.15) is 10.5 Å². The minimum atomic E-state index is -0.0944. The lowest BCUT2D eigenvalue weighted by Crippen LogP contribution is -2.24. The number of nitrogens with zero attached hydrogens (tertiary/aromatic N) is 5. The highest BCUT2D eigenvalue weighted by molar-refractivity contribution is 7.19. The summed E-state index contributed by atoms with van der Waals surface area (Å²) in [7, 11) is 1.91. The molecule has 0 saturated heterocycles. The van der Waals surface area contributed by atoms with Crippen molar-refractivity contribution < 1.29 is 0 Å². The molecule has 0 amide bonds. The number of allylic oxidation sites excluding steroid dienone is 1.